The summed E-state index contributed by atoms with van der Waals surface area (Å²) in [6.07, 6.45) is 3.58. The van der Waals surface area contributed by atoms with Crippen molar-refractivity contribution in [2.45, 2.75) is 17.3 Å². The average Bonchev–Trinajstić information content (AvgIpc) is 3.02. The average molecular weight is 353 g/mol. The Bertz CT molecular complexity index is 831. The number of amides is 1. The number of rotatable bonds is 6. The maximum atomic E-state index is 12.3. The lowest BCUT2D eigenvalue weighted by molar-refractivity contribution is -0.115. The molecule has 0 aliphatic carbocycles. The predicted octanol–water partition coefficient (Wildman–Crippen LogP) is 4.33. The van der Waals surface area contributed by atoms with Gasteiger partial charge in [-0.1, -0.05) is 30.0 Å². The largest absolute Gasteiger partial charge is 0.457 e. The van der Waals surface area contributed by atoms with Crippen LogP contribution in [0.2, 0.25) is 0 Å². The third-order valence-corrected chi connectivity index (χ3v) is 4.70. The van der Waals surface area contributed by atoms with Gasteiger partial charge in [0.05, 0.1) is 5.25 Å². The number of para-hydroxylation sites is 1. The number of nitrogens with zero attached hydrogens (tertiary/aromatic N) is 2. The fraction of sp³-hybridized carbons (Fsp3) is 0.158. The number of aromatic nitrogens is 2. The molecule has 0 bridgehead atoms. The molecular formula is C19H19N3O2S. The fourth-order valence-corrected chi connectivity index (χ4v) is 2.98. The van der Waals surface area contributed by atoms with Crippen molar-refractivity contribution in [3.63, 3.8) is 0 Å². The molecule has 1 amide bonds. The third-order valence-electron chi connectivity index (χ3n) is 3.53. The van der Waals surface area contributed by atoms with Crippen molar-refractivity contribution in [3.05, 3.63) is 67.0 Å². The molecule has 0 saturated heterocycles. The van der Waals surface area contributed by atoms with Gasteiger partial charge in [0.1, 0.15) is 11.5 Å². The lowest BCUT2D eigenvalue weighted by atomic mass is 10.3. The molecule has 0 aliphatic heterocycles. The van der Waals surface area contributed by atoms with E-state index in [1.54, 1.807) is 6.20 Å². The molecule has 3 aromatic rings. The number of imidazole rings is 1. The molecule has 0 saturated carbocycles. The van der Waals surface area contributed by atoms with Gasteiger partial charge in [0.25, 0.3) is 0 Å². The van der Waals surface area contributed by atoms with Crippen LogP contribution in [0.5, 0.6) is 11.5 Å². The molecule has 25 heavy (non-hydrogen) atoms. The van der Waals surface area contributed by atoms with Crippen LogP contribution in [0.1, 0.15) is 6.92 Å². The second kappa shape index (κ2) is 7.90. The van der Waals surface area contributed by atoms with Crippen molar-refractivity contribution in [3.8, 4) is 11.5 Å². The Kier molecular flexibility index (Phi) is 5.40. The second-order valence-electron chi connectivity index (χ2n) is 5.51. The van der Waals surface area contributed by atoms with E-state index in [4.69, 9.17) is 4.74 Å². The van der Waals surface area contributed by atoms with Gasteiger partial charge in [0.2, 0.25) is 5.91 Å². The summed E-state index contributed by atoms with van der Waals surface area (Å²) in [5, 5.41) is 3.48. The molecule has 1 heterocycles. The standard InChI is InChI=1S/C19H19N3O2S/c1-14(25-19-20-12-13-22(19)2)18(23)21-15-8-10-17(11-9-15)24-16-6-4-3-5-7-16/h3-14H,1-2H3,(H,21,23)/t14-/m1/s1. The van der Waals surface area contributed by atoms with E-state index in [1.807, 2.05) is 79.3 Å². The van der Waals surface area contributed by atoms with E-state index in [9.17, 15) is 4.79 Å². The monoisotopic (exact) mass is 353 g/mol. The van der Waals surface area contributed by atoms with E-state index < -0.39 is 0 Å². The highest BCUT2D eigenvalue weighted by molar-refractivity contribution is 8.00. The molecule has 1 atom stereocenters. The van der Waals surface area contributed by atoms with E-state index in [0.717, 1.165) is 22.3 Å². The maximum absolute atomic E-state index is 12.3. The SMILES string of the molecule is C[C@@H](Sc1nccn1C)C(=O)Nc1ccc(Oc2ccccc2)cc1. The number of thioether (sulfide) groups is 1. The van der Waals surface area contributed by atoms with Crippen molar-refractivity contribution in [1.82, 2.24) is 9.55 Å². The van der Waals surface area contributed by atoms with Gasteiger partial charge in [0.15, 0.2) is 5.16 Å². The topological polar surface area (TPSA) is 56.2 Å². The summed E-state index contributed by atoms with van der Waals surface area (Å²) in [6.45, 7) is 1.86. The zero-order chi connectivity index (χ0) is 17.6. The van der Waals surface area contributed by atoms with Crippen LogP contribution in [-0.2, 0) is 11.8 Å². The zero-order valence-electron chi connectivity index (χ0n) is 14.0. The van der Waals surface area contributed by atoms with Crippen LogP contribution < -0.4 is 10.1 Å². The third kappa shape index (κ3) is 4.64. The predicted molar refractivity (Wildman–Crippen MR) is 100 cm³/mol. The lowest BCUT2D eigenvalue weighted by Gasteiger charge is -2.12. The Hall–Kier alpha value is -2.73. The van der Waals surface area contributed by atoms with E-state index in [2.05, 4.69) is 10.3 Å². The van der Waals surface area contributed by atoms with Crippen LogP contribution >= 0.6 is 11.8 Å². The van der Waals surface area contributed by atoms with E-state index in [1.165, 1.54) is 11.8 Å². The highest BCUT2D eigenvalue weighted by Gasteiger charge is 2.16. The van der Waals surface area contributed by atoms with Gasteiger partial charge < -0.3 is 14.6 Å². The van der Waals surface area contributed by atoms with Gasteiger partial charge in [-0.3, -0.25) is 4.79 Å². The Balaban J connectivity index is 1.57. The maximum Gasteiger partial charge on any atom is 0.237 e. The normalized spacial score (nSPS) is 11.8. The number of carbonyl (C=O) groups is 1. The van der Waals surface area contributed by atoms with Gasteiger partial charge in [-0.2, -0.15) is 0 Å². The number of nitrogens with one attached hydrogen (secondary N) is 1. The summed E-state index contributed by atoms with van der Waals surface area (Å²) in [7, 11) is 1.91. The number of benzene rings is 2. The summed E-state index contributed by atoms with van der Waals surface area (Å²) in [4.78, 5) is 16.6. The molecular weight excluding hydrogens is 334 g/mol. The van der Waals surface area contributed by atoms with Crippen molar-refractivity contribution in [1.29, 1.82) is 0 Å². The first-order valence-corrected chi connectivity index (χ1v) is 8.77. The number of anilines is 1. The summed E-state index contributed by atoms with van der Waals surface area (Å²) in [5.74, 6) is 1.43. The summed E-state index contributed by atoms with van der Waals surface area (Å²) >= 11 is 1.42. The van der Waals surface area contributed by atoms with Crippen molar-refractivity contribution >= 4 is 23.4 Å². The number of hydrogen-bond donors (Lipinski definition) is 1. The molecule has 128 valence electrons. The van der Waals surface area contributed by atoms with Gasteiger partial charge in [-0.05, 0) is 43.3 Å². The molecule has 6 heteroatoms. The Morgan fingerprint density at radius 2 is 1.80 bits per heavy atom. The molecule has 3 rings (SSSR count). The van der Waals surface area contributed by atoms with Gasteiger partial charge in [-0.15, -0.1) is 0 Å². The van der Waals surface area contributed by atoms with Crippen molar-refractivity contribution in [2.75, 3.05) is 5.32 Å². The van der Waals surface area contributed by atoms with Crippen LogP contribution in [0, 0.1) is 0 Å². The Morgan fingerprint density at radius 1 is 1.12 bits per heavy atom. The van der Waals surface area contributed by atoms with E-state index in [0.29, 0.717) is 0 Å². The van der Waals surface area contributed by atoms with Gasteiger partial charge in [-0.25, -0.2) is 4.98 Å². The first-order chi connectivity index (χ1) is 12.1. The summed E-state index contributed by atoms with van der Waals surface area (Å²) in [5.41, 5.74) is 0.734. The molecule has 0 spiro atoms. The summed E-state index contributed by atoms with van der Waals surface area (Å²) < 4.78 is 7.63. The first-order valence-electron chi connectivity index (χ1n) is 7.89. The zero-order valence-corrected chi connectivity index (χ0v) is 14.9. The van der Waals surface area contributed by atoms with Gasteiger partial charge >= 0.3 is 0 Å². The van der Waals surface area contributed by atoms with E-state index in [-0.39, 0.29) is 11.2 Å². The first kappa shape index (κ1) is 17.1. The molecule has 0 fully saturated rings. The minimum Gasteiger partial charge on any atom is -0.457 e. The number of ether oxygens (including phenoxy) is 1. The van der Waals surface area contributed by atoms with E-state index >= 15 is 0 Å². The molecule has 0 unspecified atom stereocenters. The van der Waals surface area contributed by atoms with Crippen LogP contribution in [-0.4, -0.2) is 20.7 Å². The molecule has 1 N–H and O–H groups in total. The van der Waals surface area contributed by atoms with Crippen molar-refractivity contribution in [2.24, 2.45) is 7.05 Å². The molecule has 5 nitrogen and oxygen atoms in total. The number of aryl methyl sites for hydroxylation is 1. The van der Waals surface area contributed by atoms with Crippen LogP contribution in [0.3, 0.4) is 0 Å². The highest BCUT2D eigenvalue weighted by atomic mass is 32.2. The molecule has 0 radical (unpaired) electrons. The minimum atomic E-state index is -0.249. The molecule has 2 aromatic carbocycles. The van der Waals surface area contributed by atoms with Gasteiger partial charge in [0, 0.05) is 25.1 Å². The second-order valence-corrected chi connectivity index (χ2v) is 6.82. The molecule has 0 aliphatic rings. The number of hydrogen-bond acceptors (Lipinski definition) is 4. The van der Waals surface area contributed by atoms with Crippen LogP contribution in [0.25, 0.3) is 0 Å². The van der Waals surface area contributed by atoms with Crippen LogP contribution in [0.15, 0.2) is 72.1 Å². The highest BCUT2D eigenvalue weighted by Crippen LogP contribution is 2.24. The fourth-order valence-electron chi connectivity index (χ4n) is 2.15. The summed E-state index contributed by atoms with van der Waals surface area (Å²) in [6, 6.07) is 16.9. The smallest absolute Gasteiger partial charge is 0.237 e. The Labute approximate surface area is 151 Å². The minimum absolute atomic E-state index is 0.0651. The lowest BCUT2D eigenvalue weighted by Crippen LogP contribution is -2.22. The quantitative estimate of drug-likeness (QED) is 0.670. The van der Waals surface area contributed by atoms with Crippen LogP contribution in [0.4, 0.5) is 5.69 Å². The Morgan fingerprint density at radius 3 is 2.44 bits per heavy atom. The number of carbonyl (C=O) groups excluding carboxylic acids is 1. The van der Waals surface area contributed by atoms with Crippen molar-refractivity contribution < 1.29 is 9.53 Å². The molecule has 1 aromatic heterocycles.